The highest BCUT2D eigenvalue weighted by Crippen LogP contribution is 2.18. The molecule has 0 saturated carbocycles. The predicted molar refractivity (Wildman–Crippen MR) is 79.8 cm³/mol. The topological polar surface area (TPSA) is 71.8 Å². The van der Waals surface area contributed by atoms with Crippen LogP contribution in [0.5, 0.6) is 0 Å². The standard InChI is InChI=1S/C13H21N7/c1-5-14-12-16-11(10-8-15-19(4)9-10)17-13(18-12)20(6-2)7-3/h8-9H,5-7H2,1-4H3,(H,14,16,17,18). The average Bonchev–Trinajstić information content (AvgIpc) is 2.87. The maximum Gasteiger partial charge on any atom is 0.230 e. The summed E-state index contributed by atoms with van der Waals surface area (Å²) in [6.45, 7) is 8.68. The van der Waals surface area contributed by atoms with E-state index in [1.54, 1.807) is 10.9 Å². The highest BCUT2D eigenvalue weighted by atomic mass is 15.3. The largest absolute Gasteiger partial charge is 0.354 e. The molecular formula is C13H21N7. The van der Waals surface area contributed by atoms with Crippen LogP contribution in [-0.4, -0.2) is 44.4 Å². The molecule has 0 amide bonds. The van der Waals surface area contributed by atoms with Crippen LogP contribution in [0.15, 0.2) is 12.4 Å². The minimum atomic E-state index is 0.600. The van der Waals surface area contributed by atoms with Crippen molar-refractivity contribution in [2.45, 2.75) is 20.8 Å². The molecule has 0 fully saturated rings. The third-order valence-corrected chi connectivity index (χ3v) is 2.97. The lowest BCUT2D eigenvalue weighted by Gasteiger charge is -2.19. The first-order chi connectivity index (χ1) is 9.67. The number of aromatic nitrogens is 5. The molecule has 0 saturated heterocycles. The second-order valence-corrected chi connectivity index (χ2v) is 4.39. The SMILES string of the molecule is CCNc1nc(-c2cnn(C)c2)nc(N(CC)CC)n1. The van der Waals surface area contributed by atoms with Crippen molar-refractivity contribution in [1.82, 2.24) is 24.7 Å². The first-order valence-electron chi connectivity index (χ1n) is 6.91. The van der Waals surface area contributed by atoms with Crippen LogP contribution >= 0.6 is 0 Å². The highest BCUT2D eigenvalue weighted by Gasteiger charge is 2.13. The first-order valence-corrected chi connectivity index (χ1v) is 6.91. The fourth-order valence-electron chi connectivity index (χ4n) is 1.92. The van der Waals surface area contributed by atoms with E-state index in [9.17, 15) is 0 Å². The van der Waals surface area contributed by atoms with Crippen molar-refractivity contribution in [1.29, 1.82) is 0 Å². The number of nitrogens with one attached hydrogen (secondary N) is 1. The van der Waals surface area contributed by atoms with Crippen LogP contribution in [0.4, 0.5) is 11.9 Å². The molecule has 0 atom stereocenters. The molecule has 0 aliphatic heterocycles. The average molecular weight is 275 g/mol. The number of hydrogen-bond donors (Lipinski definition) is 1. The molecule has 7 heteroatoms. The van der Waals surface area contributed by atoms with Crippen LogP contribution in [0.1, 0.15) is 20.8 Å². The van der Waals surface area contributed by atoms with E-state index in [0.717, 1.165) is 25.2 Å². The Morgan fingerprint density at radius 2 is 1.90 bits per heavy atom. The van der Waals surface area contributed by atoms with Gasteiger partial charge in [-0.2, -0.15) is 20.1 Å². The molecule has 0 unspecified atom stereocenters. The van der Waals surface area contributed by atoms with E-state index in [2.05, 4.69) is 44.1 Å². The number of anilines is 2. The van der Waals surface area contributed by atoms with Gasteiger partial charge in [0.2, 0.25) is 11.9 Å². The van der Waals surface area contributed by atoms with Gasteiger partial charge in [0.1, 0.15) is 0 Å². The molecule has 0 radical (unpaired) electrons. The molecule has 2 aromatic rings. The number of nitrogens with zero attached hydrogens (tertiary/aromatic N) is 6. The first kappa shape index (κ1) is 14.2. The van der Waals surface area contributed by atoms with E-state index in [4.69, 9.17) is 0 Å². The van der Waals surface area contributed by atoms with Gasteiger partial charge in [-0.3, -0.25) is 4.68 Å². The van der Waals surface area contributed by atoms with E-state index in [0.29, 0.717) is 17.7 Å². The molecule has 7 nitrogen and oxygen atoms in total. The molecule has 2 heterocycles. The van der Waals surface area contributed by atoms with Crippen LogP contribution in [-0.2, 0) is 7.05 Å². The number of hydrogen-bond acceptors (Lipinski definition) is 6. The minimum absolute atomic E-state index is 0.600. The molecule has 0 aliphatic carbocycles. The zero-order valence-electron chi connectivity index (χ0n) is 12.5. The molecular weight excluding hydrogens is 254 g/mol. The van der Waals surface area contributed by atoms with Gasteiger partial charge in [-0.15, -0.1) is 0 Å². The second-order valence-electron chi connectivity index (χ2n) is 4.39. The molecule has 20 heavy (non-hydrogen) atoms. The fraction of sp³-hybridized carbons (Fsp3) is 0.538. The molecule has 2 rings (SSSR count). The van der Waals surface area contributed by atoms with Crippen LogP contribution in [0, 0.1) is 0 Å². The molecule has 0 bridgehead atoms. The lowest BCUT2D eigenvalue weighted by molar-refractivity contribution is 0.767. The van der Waals surface area contributed by atoms with Gasteiger partial charge in [-0.25, -0.2) is 0 Å². The van der Waals surface area contributed by atoms with Crippen LogP contribution < -0.4 is 10.2 Å². The van der Waals surface area contributed by atoms with E-state index in [-0.39, 0.29) is 0 Å². The van der Waals surface area contributed by atoms with E-state index >= 15 is 0 Å². The smallest absolute Gasteiger partial charge is 0.230 e. The molecule has 0 aliphatic rings. The van der Waals surface area contributed by atoms with Crippen molar-refractivity contribution in [2.24, 2.45) is 7.05 Å². The summed E-state index contributed by atoms with van der Waals surface area (Å²) < 4.78 is 1.74. The van der Waals surface area contributed by atoms with Crippen LogP contribution in [0.3, 0.4) is 0 Å². The van der Waals surface area contributed by atoms with Crippen molar-refractivity contribution >= 4 is 11.9 Å². The zero-order chi connectivity index (χ0) is 14.5. The third kappa shape index (κ3) is 3.04. The molecule has 1 N–H and O–H groups in total. The van der Waals surface area contributed by atoms with E-state index < -0.39 is 0 Å². The monoisotopic (exact) mass is 275 g/mol. The van der Waals surface area contributed by atoms with Gasteiger partial charge in [0.25, 0.3) is 0 Å². The maximum absolute atomic E-state index is 4.55. The van der Waals surface area contributed by atoms with Crippen molar-refractivity contribution in [3.63, 3.8) is 0 Å². The Labute approximate surface area is 119 Å². The zero-order valence-corrected chi connectivity index (χ0v) is 12.5. The number of aryl methyl sites for hydroxylation is 1. The number of rotatable bonds is 6. The van der Waals surface area contributed by atoms with Crippen LogP contribution in [0.25, 0.3) is 11.4 Å². The van der Waals surface area contributed by atoms with Crippen molar-refractivity contribution in [2.75, 3.05) is 29.9 Å². The Bertz CT molecular complexity index is 560. The van der Waals surface area contributed by atoms with Crippen LogP contribution in [0.2, 0.25) is 0 Å². The summed E-state index contributed by atoms with van der Waals surface area (Å²) >= 11 is 0. The molecule has 0 spiro atoms. The van der Waals surface area contributed by atoms with Gasteiger partial charge < -0.3 is 10.2 Å². The minimum Gasteiger partial charge on any atom is -0.354 e. The predicted octanol–water partition coefficient (Wildman–Crippen LogP) is 1.55. The Kier molecular flexibility index (Phi) is 4.49. The summed E-state index contributed by atoms with van der Waals surface area (Å²) in [5.74, 6) is 1.94. The van der Waals surface area contributed by atoms with Crippen molar-refractivity contribution < 1.29 is 0 Å². The summed E-state index contributed by atoms with van der Waals surface area (Å²) in [6, 6.07) is 0. The summed E-state index contributed by atoms with van der Waals surface area (Å²) in [5.41, 5.74) is 0.891. The van der Waals surface area contributed by atoms with Gasteiger partial charge >= 0.3 is 0 Å². The third-order valence-electron chi connectivity index (χ3n) is 2.97. The molecule has 0 aromatic carbocycles. The van der Waals surface area contributed by atoms with Crippen molar-refractivity contribution in [3.05, 3.63) is 12.4 Å². The fourth-order valence-corrected chi connectivity index (χ4v) is 1.92. The normalized spacial score (nSPS) is 10.6. The summed E-state index contributed by atoms with van der Waals surface area (Å²) in [4.78, 5) is 15.6. The van der Waals surface area contributed by atoms with E-state index in [1.807, 2.05) is 20.2 Å². The second kappa shape index (κ2) is 6.31. The quantitative estimate of drug-likeness (QED) is 0.862. The summed E-state index contributed by atoms with van der Waals surface area (Å²) in [5, 5.41) is 7.32. The lowest BCUT2D eigenvalue weighted by Crippen LogP contribution is -2.25. The Morgan fingerprint density at radius 3 is 2.45 bits per heavy atom. The Hall–Kier alpha value is -2.18. The van der Waals surface area contributed by atoms with E-state index in [1.165, 1.54) is 0 Å². The Morgan fingerprint density at radius 1 is 1.15 bits per heavy atom. The van der Waals surface area contributed by atoms with Gasteiger partial charge in [0.15, 0.2) is 5.82 Å². The van der Waals surface area contributed by atoms with Gasteiger partial charge in [0, 0.05) is 32.9 Å². The summed E-state index contributed by atoms with van der Waals surface area (Å²) in [6.07, 6.45) is 3.66. The molecule has 2 aromatic heterocycles. The maximum atomic E-state index is 4.55. The molecule has 108 valence electrons. The highest BCUT2D eigenvalue weighted by molar-refractivity contribution is 5.56. The van der Waals surface area contributed by atoms with Crippen molar-refractivity contribution in [3.8, 4) is 11.4 Å². The van der Waals surface area contributed by atoms with Gasteiger partial charge in [-0.1, -0.05) is 0 Å². The van der Waals surface area contributed by atoms with Gasteiger partial charge in [0.05, 0.1) is 11.8 Å². The Balaban J connectivity index is 2.45. The summed E-state index contributed by atoms with van der Waals surface area (Å²) in [7, 11) is 1.88. The lowest BCUT2D eigenvalue weighted by atomic mass is 10.3. The van der Waals surface area contributed by atoms with Gasteiger partial charge in [-0.05, 0) is 20.8 Å².